The number of benzene rings is 2. The molecule has 0 saturated heterocycles. The molecule has 156 valence electrons. The number of fused-ring (bicyclic) bond motifs is 2. The first-order chi connectivity index (χ1) is 14.0. The maximum absolute atomic E-state index is 13.3. The van der Waals surface area contributed by atoms with E-state index in [0.29, 0.717) is 29.4 Å². The van der Waals surface area contributed by atoms with E-state index >= 15 is 0 Å². The molecule has 0 saturated carbocycles. The Morgan fingerprint density at radius 1 is 1.03 bits per heavy atom. The Labute approximate surface area is 184 Å². The highest BCUT2D eigenvalue weighted by atomic mass is 35.5. The Kier molecular flexibility index (Phi) is 6.81. The van der Waals surface area contributed by atoms with E-state index in [0.717, 1.165) is 21.5 Å². The minimum atomic E-state index is -0.212. The number of thiazole rings is 1. The van der Waals surface area contributed by atoms with Crippen molar-refractivity contribution in [2.45, 2.75) is 0 Å². The average molecular weight is 444 g/mol. The number of anilines is 1. The van der Waals surface area contributed by atoms with Gasteiger partial charge in [0.2, 0.25) is 0 Å². The fourth-order valence-electron chi connectivity index (χ4n) is 2.92. The lowest BCUT2D eigenvalue weighted by molar-refractivity contribution is 0.0980. The van der Waals surface area contributed by atoms with E-state index in [2.05, 4.69) is 15.0 Å². The number of para-hydroxylation sites is 2. The van der Waals surface area contributed by atoms with Gasteiger partial charge in [-0.05, 0) is 44.4 Å². The van der Waals surface area contributed by atoms with Crippen LogP contribution in [0.25, 0.3) is 21.3 Å². The largest absolute Gasteiger partial charge is 0.497 e. The molecule has 2 aromatic heterocycles. The molecule has 4 aromatic rings. The number of hydrogen-bond acceptors (Lipinski definition) is 7. The number of rotatable bonds is 6. The van der Waals surface area contributed by atoms with Crippen LogP contribution in [0.5, 0.6) is 5.75 Å². The summed E-state index contributed by atoms with van der Waals surface area (Å²) in [7, 11) is 5.58. The second kappa shape index (κ2) is 9.34. The van der Waals surface area contributed by atoms with Gasteiger partial charge < -0.3 is 9.64 Å². The van der Waals surface area contributed by atoms with Gasteiger partial charge in [-0.2, -0.15) is 0 Å². The Bertz CT molecular complexity index is 1180. The van der Waals surface area contributed by atoms with E-state index in [4.69, 9.17) is 4.74 Å². The first kappa shape index (κ1) is 21.9. The molecule has 0 unspecified atom stereocenters. The first-order valence-corrected chi connectivity index (χ1v) is 10.00. The van der Waals surface area contributed by atoms with Crippen LogP contribution in [0.3, 0.4) is 0 Å². The van der Waals surface area contributed by atoms with Gasteiger partial charge in [-0.25, -0.2) is 9.97 Å². The number of likely N-dealkylation sites (N-methyl/N-ethyl adjacent to an activating group) is 1. The van der Waals surface area contributed by atoms with E-state index in [1.807, 2.05) is 61.5 Å². The molecule has 2 heterocycles. The molecule has 0 bridgehead atoms. The van der Waals surface area contributed by atoms with Crippen LogP contribution >= 0.6 is 23.7 Å². The van der Waals surface area contributed by atoms with Crippen molar-refractivity contribution >= 4 is 56.0 Å². The van der Waals surface area contributed by atoms with Crippen LogP contribution in [0.2, 0.25) is 0 Å². The number of hydrogen-bond donors (Lipinski definition) is 0. The number of amides is 1. The summed E-state index contributed by atoms with van der Waals surface area (Å²) in [5.74, 6) is 0.551. The van der Waals surface area contributed by atoms with Gasteiger partial charge in [0.15, 0.2) is 5.13 Å². The Hall–Kier alpha value is -2.81. The smallest absolute Gasteiger partial charge is 0.280 e. The standard InChI is InChI=1S/C21H21N5O2S.ClH/c1-25(2)10-11-26(21-24-17-9-8-14(28-3)12-19(17)29-21)20(27)18-13-22-15-6-4-5-7-16(15)23-18;/h4-9,12-13H,10-11H2,1-3H3;1H. The molecule has 0 radical (unpaired) electrons. The maximum Gasteiger partial charge on any atom is 0.280 e. The summed E-state index contributed by atoms with van der Waals surface area (Å²) < 4.78 is 6.27. The summed E-state index contributed by atoms with van der Waals surface area (Å²) in [5, 5.41) is 0.634. The average Bonchev–Trinajstić information content (AvgIpc) is 3.15. The van der Waals surface area contributed by atoms with E-state index < -0.39 is 0 Å². The second-order valence-electron chi connectivity index (χ2n) is 6.83. The third kappa shape index (κ3) is 4.51. The van der Waals surface area contributed by atoms with Gasteiger partial charge in [0.25, 0.3) is 5.91 Å². The molecular formula is C21H22ClN5O2S. The number of carbonyl (C=O) groups is 1. The summed E-state index contributed by atoms with van der Waals surface area (Å²) in [6.07, 6.45) is 1.53. The SMILES string of the molecule is COc1ccc2nc(N(CCN(C)C)C(=O)c3cnc4ccccc4n3)sc2c1.Cl. The van der Waals surface area contributed by atoms with Crippen molar-refractivity contribution in [1.29, 1.82) is 0 Å². The zero-order valence-corrected chi connectivity index (χ0v) is 18.5. The fraction of sp³-hybridized carbons (Fsp3) is 0.238. The highest BCUT2D eigenvalue weighted by Crippen LogP contribution is 2.32. The molecule has 2 aromatic carbocycles. The summed E-state index contributed by atoms with van der Waals surface area (Å²) in [6.45, 7) is 1.20. The number of aromatic nitrogens is 3. The van der Waals surface area contributed by atoms with Gasteiger partial charge in [0.1, 0.15) is 11.4 Å². The van der Waals surface area contributed by atoms with Crippen molar-refractivity contribution < 1.29 is 9.53 Å². The summed E-state index contributed by atoms with van der Waals surface area (Å²) >= 11 is 1.46. The van der Waals surface area contributed by atoms with Crippen LogP contribution in [0, 0.1) is 0 Å². The van der Waals surface area contributed by atoms with Crippen LogP contribution in [0.15, 0.2) is 48.7 Å². The van der Waals surface area contributed by atoms with E-state index in [9.17, 15) is 4.79 Å². The lowest BCUT2D eigenvalue weighted by atomic mass is 10.3. The van der Waals surface area contributed by atoms with Crippen molar-refractivity contribution in [3.05, 3.63) is 54.4 Å². The van der Waals surface area contributed by atoms with E-state index in [-0.39, 0.29) is 18.3 Å². The minimum absolute atomic E-state index is 0. The summed E-state index contributed by atoms with van der Waals surface area (Å²) in [4.78, 5) is 30.6. The molecule has 1 amide bonds. The number of halogens is 1. The third-order valence-corrected chi connectivity index (χ3v) is 5.54. The Balaban J connectivity index is 0.00000256. The third-order valence-electron chi connectivity index (χ3n) is 4.50. The predicted octanol–water partition coefficient (Wildman–Crippen LogP) is 3.88. The molecule has 0 atom stereocenters. The molecule has 30 heavy (non-hydrogen) atoms. The minimum Gasteiger partial charge on any atom is -0.497 e. The van der Waals surface area contributed by atoms with Crippen molar-refractivity contribution in [2.24, 2.45) is 0 Å². The van der Waals surface area contributed by atoms with Crippen molar-refractivity contribution in [3.8, 4) is 5.75 Å². The summed E-state index contributed by atoms with van der Waals surface area (Å²) in [6, 6.07) is 13.2. The van der Waals surface area contributed by atoms with Crippen LogP contribution in [0.4, 0.5) is 5.13 Å². The zero-order valence-electron chi connectivity index (χ0n) is 16.9. The van der Waals surface area contributed by atoms with Crippen molar-refractivity contribution in [1.82, 2.24) is 19.9 Å². The molecule has 0 aliphatic heterocycles. The summed E-state index contributed by atoms with van der Waals surface area (Å²) in [5.41, 5.74) is 2.59. The van der Waals surface area contributed by atoms with Gasteiger partial charge in [-0.15, -0.1) is 12.4 Å². The lowest BCUT2D eigenvalue weighted by Gasteiger charge is -2.21. The van der Waals surface area contributed by atoms with Crippen LogP contribution in [-0.2, 0) is 0 Å². The van der Waals surface area contributed by atoms with Crippen LogP contribution in [-0.4, -0.2) is 60.1 Å². The molecule has 9 heteroatoms. The number of nitrogens with zero attached hydrogens (tertiary/aromatic N) is 5. The van der Waals surface area contributed by atoms with E-state index in [1.165, 1.54) is 17.5 Å². The van der Waals surface area contributed by atoms with Gasteiger partial charge in [0, 0.05) is 13.1 Å². The second-order valence-corrected chi connectivity index (χ2v) is 7.84. The van der Waals surface area contributed by atoms with Gasteiger partial charge in [-0.1, -0.05) is 23.5 Å². The number of carbonyl (C=O) groups excluding carboxylic acids is 1. The molecular weight excluding hydrogens is 422 g/mol. The van der Waals surface area contributed by atoms with Crippen LogP contribution < -0.4 is 9.64 Å². The van der Waals surface area contributed by atoms with Gasteiger partial charge >= 0.3 is 0 Å². The topological polar surface area (TPSA) is 71.5 Å². The molecule has 0 fully saturated rings. The van der Waals surface area contributed by atoms with Gasteiger partial charge in [-0.3, -0.25) is 14.7 Å². The molecule has 0 N–H and O–H groups in total. The van der Waals surface area contributed by atoms with Crippen molar-refractivity contribution in [3.63, 3.8) is 0 Å². The molecule has 0 spiro atoms. The molecule has 0 aliphatic carbocycles. The predicted molar refractivity (Wildman–Crippen MR) is 123 cm³/mol. The Morgan fingerprint density at radius 3 is 2.53 bits per heavy atom. The Morgan fingerprint density at radius 2 is 1.80 bits per heavy atom. The monoisotopic (exact) mass is 443 g/mol. The number of ether oxygens (including phenoxy) is 1. The van der Waals surface area contributed by atoms with Crippen molar-refractivity contribution in [2.75, 3.05) is 39.2 Å². The van der Waals surface area contributed by atoms with Gasteiger partial charge in [0.05, 0.1) is 34.6 Å². The first-order valence-electron chi connectivity index (χ1n) is 9.18. The number of methoxy groups -OCH3 is 1. The zero-order chi connectivity index (χ0) is 20.4. The maximum atomic E-state index is 13.3. The molecule has 0 aliphatic rings. The highest BCUT2D eigenvalue weighted by Gasteiger charge is 2.23. The van der Waals surface area contributed by atoms with E-state index in [1.54, 1.807) is 12.0 Å². The quantitative estimate of drug-likeness (QED) is 0.450. The molecule has 7 nitrogen and oxygen atoms in total. The van der Waals surface area contributed by atoms with Crippen LogP contribution in [0.1, 0.15) is 10.5 Å². The fourth-order valence-corrected chi connectivity index (χ4v) is 3.94. The highest BCUT2D eigenvalue weighted by molar-refractivity contribution is 7.22. The normalized spacial score (nSPS) is 10.9. The lowest BCUT2D eigenvalue weighted by Crippen LogP contribution is -2.37. The molecule has 4 rings (SSSR count).